The van der Waals surface area contributed by atoms with E-state index in [1.807, 2.05) is 0 Å². The summed E-state index contributed by atoms with van der Waals surface area (Å²) in [7, 11) is 0.986. The van der Waals surface area contributed by atoms with Crippen molar-refractivity contribution >= 4 is 31.7 Å². The number of aryl methyl sites for hydroxylation is 1. The van der Waals surface area contributed by atoms with Crippen LogP contribution in [0.25, 0.3) is 0 Å². The van der Waals surface area contributed by atoms with Gasteiger partial charge in [0.05, 0.1) is 4.92 Å². The van der Waals surface area contributed by atoms with Crippen molar-refractivity contribution in [3.63, 3.8) is 0 Å². The number of halogens is 1. The summed E-state index contributed by atoms with van der Waals surface area (Å²) in [6.07, 6.45) is 0.423. The van der Waals surface area contributed by atoms with E-state index in [0.717, 1.165) is 6.07 Å². The molecule has 0 atom stereocenters. The number of hydrogen-bond donors (Lipinski definition) is 0. The SMILES string of the molecule is CCc1ccc([N+](=O)[O-])c(C=O)c1S(=O)(=O)Cl. The Kier molecular flexibility index (Phi) is 3.84. The van der Waals surface area contributed by atoms with E-state index in [1.54, 1.807) is 6.92 Å². The summed E-state index contributed by atoms with van der Waals surface area (Å²) < 4.78 is 22.7. The Balaban J connectivity index is 3.80. The van der Waals surface area contributed by atoms with Crippen LogP contribution in [0.15, 0.2) is 17.0 Å². The van der Waals surface area contributed by atoms with E-state index in [-0.39, 0.29) is 11.8 Å². The zero-order chi connectivity index (χ0) is 13.2. The molecule has 1 aromatic rings. The Morgan fingerprint density at radius 1 is 1.47 bits per heavy atom. The summed E-state index contributed by atoms with van der Waals surface area (Å²) in [6.45, 7) is 1.65. The molecule has 0 aliphatic heterocycles. The molecule has 92 valence electrons. The van der Waals surface area contributed by atoms with E-state index in [0.29, 0.717) is 6.42 Å². The van der Waals surface area contributed by atoms with Crippen molar-refractivity contribution in [3.05, 3.63) is 33.4 Å². The van der Waals surface area contributed by atoms with Crippen molar-refractivity contribution in [2.75, 3.05) is 0 Å². The summed E-state index contributed by atoms with van der Waals surface area (Å²) in [5.41, 5.74) is -0.812. The average molecular weight is 278 g/mol. The minimum Gasteiger partial charge on any atom is -0.298 e. The molecule has 0 saturated carbocycles. The van der Waals surface area contributed by atoms with Gasteiger partial charge in [0.1, 0.15) is 10.5 Å². The molecular formula is C9H8ClNO5S. The minimum atomic E-state index is -4.21. The fourth-order valence-corrected chi connectivity index (χ4v) is 2.96. The van der Waals surface area contributed by atoms with Crippen LogP contribution in [0.4, 0.5) is 5.69 Å². The molecule has 0 saturated heterocycles. The Morgan fingerprint density at radius 3 is 2.41 bits per heavy atom. The van der Waals surface area contributed by atoms with Crippen LogP contribution in [-0.4, -0.2) is 19.6 Å². The maximum atomic E-state index is 11.4. The van der Waals surface area contributed by atoms with Gasteiger partial charge >= 0.3 is 0 Å². The van der Waals surface area contributed by atoms with E-state index in [2.05, 4.69) is 0 Å². The highest BCUT2D eigenvalue weighted by molar-refractivity contribution is 8.13. The summed E-state index contributed by atoms with van der Waals surface area (Å²) >= 11 is 0. The van der Waals surface area contributed by atoms with Crippen LogP contribution < -0.4 is 0 Å². The van der Waals surface area contributed by atoms with Gasteiger partial charge in [0.15, 0.2) is 6.29 Å². The zero-order valence-electron chi connectivity index (χ0n) is 8.71. The number of hydrogen-bond acceptors (Lipinski definition) is 5. The van der Waals surface area contributed by atoms with Crippen molar-refractivity contribution in [2.24, 2.45) is 0 Å². The second-order valence-electron chi connectivity index (χ2n) is 3.15. The number of aldehydes is 1. The predicted octanol–water partition coefficient (Wildman–Crippen LogP) is 1.90. The molecule has 0 spiro atoms. The minimum absolute atomic E-state index is 0.132. The number of carbonyl (C=O) groups excluding carboxylic acids is 1. The molecule has 0 unspecified atom stereocenters. The highest BCUT2D eigenvalue weighted by Gasteiger charge is 2.27. The number of nitro groups is 1. The Morgan fingerprint density at radius 2 is 2.06 bits per heavy atom. The van der Waals surface area contributed by atoms with Gasteiger partial charge in [-0.05, 0) is 12.0 Å². The molecule has 17 heavy (non-hydrogen) atoms. The van der Waals surface area contributed by atoms with Gasteiger partial charge in [0.25, 0.3) is 14.7 Å². The molecule has 0 heterocycles. The summed E-state index contributed by atoms with van der Waals surface area (Å²) in [5, 5.41) is 10.7. The topological polar surface area (TPSA) is 94.3 Å². The van der Waals surface area contributed by atoms with Crippen molar-refractivity contribution < 1.29 is 18.1 Å². The van der Waals surface area contributed by atoms with Crippen LogP contribution in [-0.2, 0) is 15.5 Å². The lowest BCUT2D eigenvalue weighted by molar-refractivity contribution is -0.385. The van der Waals surface area contributed by atoms with Crippen LogP contribution in [0.1, 0.15) is 22.8 Å². The third-order valence-electron chi connectivity index (χ3n) is 2.19. The molecule has 0 amide bonds. The quantitative estimate of drug-likeness (QED) is 0.362. The maximum Gasteiger partial charge on any atom is 0.281 e. The van der Waals surface area contributed by atoms with Crippen LogP contribution >= 0.6 is 10.7 Å². The van der Waals surface area contributed by atoms with E-state index in [9.17, 15) is 23.3 Å². The predicted molar refractivity (Wildman–Crippen MR) is 60.9 cm³/mol. The monoisotopic (exact) mass is 277 g/mol. The third-order valence-corrected chi connectivity index (χ3v) is 3.63. The van der Waals surface area contributed by atoms with Crippen molar-refractivity contribution in [1.82, 2.24) is 0 Å². The van der Waals surface area contributed by atoms with Crippen molar-refractivity contribution in [1.29, 1.82) is 0 Å². The number of carbonyl (C=O) groups is 1. The standard InChI is InChI=1S/C9H8ClNO5S/c1-2-6-3-4-8(11(13)14)7(5-12)9(6)17(10,15)16/h3-5H,2H2,1H3. The average Bonchev–Trinajstić information content (AvgIpc) is 2.25. The Bertz CT molecular complexity index is 581. The van der Waals surface area contributed by atoms with Crippen LogP contribution in [0.2, 0.25) is 0 Å². The first-order chi connectivity index (χ1) is 7.82. The largest absolute Gasteiger partial charge is 0.298 e. The summed E-state index contributed by atoms with van der Waals surface area (Å²) in [6, 6.07) is 2.37. The normalized spacial score (nSPS) is 11.2. The second kappa shape index (κ2) is 4.80. The molecule has 0 radical (unpaired) electrons. The fraction of sp³-hybridized carbons (Fsp3) is 0.222. The molecule has 8 heteroatoms. The molecule has 0 fully saturated rings. The molecule has 6 nitrogen and oxygen atoms in total. The second-order valence-corrected chi connectivity index (χ2v) is 5.66. The Labute approximate surface area is 102 Å². The van der Waals surface area contributed by atoms with E-state index >= 15 is 0 Å². The smallest absolute Gasteiger partial charge is 0.281 e. The van der Waals surface area contributed by atoms with E-state index < -0.39 is 30.1 Å². The lowest BCUT2D eigenvalue weighted by Gasteiger charge is -2.07. The van der Waals surface area contributed by atoms with Crippen molar-refractivity contribution in [3.8, 4) is 0 Å². The van der Waals surface area contributed by atoms with Gasteiger partial charge in [-0.15, -0.1) is 0 Å². The molecule has 1 aromatic carbocycles. The highest BCUT2D eigenvalue weighted by Crippen LogP contribution is 2.30. The van der Waals surface area contributed by atoms with Crippen LogP contribution in [0.3, 0.4) is 0 Å². The van der Waals surface area contributed by atoms with Gasteiger partial charge < -0.3 is 0 Å². The first-order valence-electron chi connectivity index (χ1n) is 4.53. The molecule has 1 rings (SSSR count). The first-order valence-corrected chi connectivity index (χ1v) is 6.84. The van der Waals surface area contributed by atoms with Crippen LogP contribution in [0, 0.1) is 10.1 Å². The van der Waals surface area contributed by atoms with Crippen molar-refractivity contribution in [2.45, 2.75) is 18.2 Å². The summed E-state index contributed by atoms with van der Waals surface area (Å²) in [5.74, 6) is 0. The van der Waals surface area contributed by atoms with Gasteiger partial charge in [-0.2, -0.15) is 0 Å². The van der Waals surface area contributed by atoms with Gasteiger partial charge in [0, 0.05) is 16.7 Å². The highest BCUT2D eigenvalue weighted by atomic mass is 35.7. The van der Waals surface area contributed by atoms with Gasteiger partial charge in [-0.25, -0.2) is 8.42 Å². The molecule has 0 aliphatic rings. The molecule has 0 N–H and O–H groups in total. The summed E-state index contributed by atoms with van der Waals surface area (Å²) in [4.78, 5) is 20.2. The number of nitro benzene ring substituents is 1. The molecule has 0 aromatic heterocycles. The molecule has 0 bridgehead atoms. The van der Waals surface area contributed by atoms with Gasteiger partial charge in [-0.3, -0.25) is 14.9 Å². The lowest BCUT2D eigenvalue weighted by Crippen LogP contribution is -2.06. The van der Waals surface area contributed by atoms with Gasteiger partial charge in [0.2, 0.25) is 0 Å². The van der Waals surface area contributed by atoms with Gasteiger partial charge in [-0.1, -0.05) is 13.0 Å². The number of rotatable bonds is 4. The Hall–Kier alpha value is -1.47. The van der Waals surface area contributed by atoms with E-state index in [1.165, 1.54) is 6.07 Å². The fourth-order valence-electron chi connectivity index (χ4n) is 1.47. The van der Waals surface area contributed by atoms with E-state index in [4.69, 9.17) is 10.7 Å². The molecule has 0 aliphatic carbocycles. The number of nitrogens with zero attached hydrogens (tertiary/aromatic N) is 1. The first kappa shape index (κ1) is 13.6. The lowest BCUT2D eigenvalue weighted by atomic mass is 10.1. The maximum absolute atomic E-state index is 11.4. The molecular weight excluding hydrogens is 270 g/mol. The zero-order valence-corrected chi connectivity index (χ0v) is 10.3. The van der Waals surface area contributed by atoms with Crippen LogP contribution in [0.5, 0.6) is 0 Å². The third kappa shape index (κ3) is 2.62. The number of benzene rings is 1.